The summed E-state index contributed by atoms with van der Waals surface area (Å²) in [5.41, 5.74) is 2.37. The Bertz CT molecular complexity index is 621. The molecule has 112 valence electrons. The molecule has 2 heterocycles. The number of nitrogens with zero attached hydrogens (tertiary/aromatic N) is 2. The first-order valence-corrected chi connectivity index (χ1v) is 7.67. The minimum Gasteiger partial charge on any atom is -0.383 e. The second-order valence-electron chi connectivity index (χ2n) is 5.66. The molecule has 3 rings (SSSR count). The molecule has 0 saturated carbocycles. The lowest BCUT2D eigenvalue weighted by atomic mass is 10.1. The minimum absolute atomic E-state index is 0.696. The van der Waals surface area contributed by atoms with Crippen LogP contribution in [-0.2, 0) is 4.74 Å². The van der Waals surface area contributed by atoms with Crippen LogP contribution in [0.4, 0.5) is 11.5 Å². The van der Waals surface area contributed by atoms with Crippen molar-refractivity contribution in [3.05, 3.63) is 30.0 Å². The maximum atomic E-state index is 5.11. The van der Waals surface area contributed by atoms with Crippen molar-refractivity contribution in [3.8, 4) is 0 Å². The van der Waals surface area contributed by atoms with Gasteiger partial charge in [-0.05, 0) is 25.8 Å². The number of hydrogen-bond acceptors (Lipinski definition) is 4. The highest BCUT2D eigenvalue weighted by molar-refractivity contribution is 6.00. The van der Waals surface area contributed by atoms with Crippen molar-refractivity contribution < 1.29 is 4.74 Å². The first-order chi connectivity index (χ1) is 10.3. The van der Waals surface area contributed by atoms with Crippen LogP contribution < -0.4 is 10.2 Å². The fourth-order valence-electron chi connectivity index (χ4n) is 2.95. The summed E-state index contributed by atoms with van der Waals surface area (Å²) < 4.78 is 5.11. The summed E-state index contributed by atoms with van der Waals surface area (Å²) in [6.45, 7) is 5.86. The van der Waals surface area contributed by atoms with Gasteiger partial charge < -0.3 is 15.0 Å². The van der Waals surface area contributed by atoms with Crippen molar-refractivity contribution in [2.45, 2.75) is 19.8 Å². The monoisotopic (exact) mass is 285 g/mol. The highest BCUT2D eigenvalue weighted by Crippen LogP contribution is 2.32. The van der Waals surface area contributed by atoms with Crippen LogP contribution in [0.3, 0.4) is 0 Å². The molecule has 1 aromatic heterocycles. The molecule has 4 heteroatoms. The van der Waals surface area contributed by atoms with E-state index in [1.54, 1.807) is 7.11 Å². The largest absolute Gasteiger partial charge is 0.383 e. The van der Waals surface area contributed by atoms with Gasteiger partial charge in [0.1, 0.15) is 5.82 Å². The highest BCUT2D eigenvalue weighted by Gasteiger charge is 2.17. The number of hydrogen-bond donors (Lipinski definition) is 1. The molecule has 0 aliphatic carbocycles. The Hall–Kier alpha value is -1.81. The van der Waals surface area contributed by atoms with E-state index in [-0.39, 0.29) is 0 Å². The molecular formula is C17H23N3O. The predicted molar refractivity (Wildman–Crippen MR) is 88.3 cm³/mol. The number of rotatable bonds is 5. The smallest absolute Gasteiger partial charge is 0.136 e. The first kappa shape index (κ1) is 14.1. The summed E-state index contributed by atoms with van der Waals surface area (Å²) in [7, 11) is 1.72. The van der Waals surface area contributed by atoms with E-state index in [0.717, 1.165) is 31.1 Å². The zero-order valence-electron chi connectivity index (χ0n) is 12.9. The number of fused-ring (bicyclic) bond motifs is 1. The zero-order chi connectivity index (χ0) is 14.7. The fourth-order valence-corrected chi connectivity index (χ4v) is 2.95. The molecule has 0 atom stereocenters. The summed E-state index contributed by atoms with van der Waals surface area (Å²) in [6, 6.07) is 6.61. The summed E-state index contributed by atoms with van der Waals surface area (Å²) in [6.07, 6.45) is 4.50. The Labute approximate surface area is 126 Å². The van der Waals surface area contributed by atoms with E-state index in [1.807, 2.05) is 6.20 Å². The number of nitrogens with one attached hydrogen (secondary N) is 1. The third-order valence-electron chi connectivity index (χ3n) is 4.05. The van der Waals surface area contributed by atoms with Gasteiger partial charge in [-0.2, -0.15) is 0 Å². The van der Waals surface area contributed by atoms with Gasteiger partial charge in [0.15, 0.2) is 0 Å². The van der Waals surface area contributed by atoms with Gasteiger partial charge in [-0.25, -0.2) is 4.98 Å². The fraction of sp³-hybridized carbons (Fsp3) is 0.471. The average Bonchev–Trinajstić information content (AvgIpc) is 3.01. The molecule has 4 nitrogen and oxygen atoms in total. The van der Waals surface area contributed by atoms with E-state index < -0.39 is 0 Å². The third kappa shape index (κ3) is 2.95. The molecule has 0 amide bonds. The van der Waals surface area contributed by atoms with Crippen molar-refractivity contribution in [2.24, 2.45) is 0 Å². The van der Waals surface area contributed by atoms with E-state index in [0.29, 0.717) is 6.61 Å². The minimum atomic E-state index is 0.696. The second kappa shape index (κ2) is 6.31. The maximum Gasteiger partial charge on any atom is 0.136 e. The number of aromatic nitrogens is 1. The van der Waals surface area contributed by atoms with Crippen LogP contribution in [0.5, 0.6) is 0 Å². The second-order valence-corrected chi connectivity index (χ2v) is 5.66. The van der Waals surface area contributed by atoms with Crippen molar-refractivity contribution in [3.63, 3.8) is 0 Å². The topological polar surface area (TPSA) is 37.4 Å². The molecule has 0 unspecified atom stereocenters. The van der Waals surface area contributed by atoms with Gasteiger partial charge in [-0.15, -0.1) is 0 Å². The lowest BCUT2D eigenvalue weighted by molar-refractivity contribution is 0.211. The Morgan fingerprint density at radius 2 is 2.05 bits per heavy atom. The highest BCUT2D eigenvalue weighted by atomic mass is 16.5. The molecule has 1 aliphatic heterocycles. The summed E-state index contributed by atoms with van der Waals surface area (Å²) in [5.74, 6) is 1.12. The van der Waals surface area contributed by atoms with Crippen molar-refractivity contribution in [1.29, 1.82) is 0 Å². The average molecular weight is 285 g/mol. The molecule has 0 bridgehead atoms. The van der Waals surface area contributed by atoms with Crippen LogP contribution in [0, 0.1) is 6.92 Å². The van der Waals surface area contributed by atoms with E-state index in [1.165, 1.54) is 29.2 Å². The molecule has 2 aromatic rings. The van der Waals surface area contributed by atoms with Gasteiger partial charge in [0.05, 0.1) is 18.5 Å². The number of ether oxygens (including phenoxy) is 1. The molecule has 1 saturated heterocycles. The van der Waals surface area contributed by atoms with E-state index >= 15 is 0 Å². The van der Waals surface area contributed by atoms with Crippen LogP contribution in [0.1, 0.15) is 18.4 Å². The molecule has 1 aliphatic rings. The molecule has 1 N–H and O–H groups in total. The van der Waals surface area contributed by atoms with E-state index in [9.17, 15) is 0 Å². The number of aryl methyl sites for hydroxylation is 1. The van der Waals surface area contributed by atoms with Crippen LogP contribution >= 0.6 is 0 Å². The predicted octanol–water partition coefficient (Wildman–Crippen LogP) is 3.20. The molecule has 1 fully saturated rings. The normalized spacial score (nSPS) is 14.9. The summed E-state index contributed by atoms with van der Waals surface area (Å²) in [4.78, 5) is 7.12. The number of methoxy groups -OCH3 is 1. The van der Waals surface area contributed by atoms with Gasteiger partial charge in [-0.3, -0.25) is 0 Å². The van der Waals surface area contributed by atoms with Gasteiger partial charge in [0, 0.05) is 37.5 Å². The van der Waals surface area contributed by atoms with Crippen molar-refractivity contribution in [2.75, 3.05) is 43.6 Å². The van der Waals surface area contributed by atoms with Gasteiger partial charge >= 0.3 is 0 Å². The molecule has 1 aromatic carbocycles. The summed E-state index contributed by atoms with van der Waals surface area (Å²) >= 11 is 0. The zero-order valence-corrected chi connectivity index (χ0v) is 12.9. The summed E-state index contributed by atoms with van der Waals surface area (Å²) in [5, 5.41) is 5.92. The first-order valence-electron chi connectivity index (χ1n) is 7.67. The van der Waals surface area contributed by atoms with Crippen molar-refractivity contribution >= 4 is 22.3 Å². The third-order valence-corrected chi connectivity index (χ3v) is 4.05. The van der Waals surface area contributed by atoms with Crippen LogP contribution in [0.15, 0.2) is 24.4 Å². The maximum absolute atomic E-state index is 5.11. The SMILES string of the molecule is COCCNc1cnc(N2CCCC2)c2ccc(C)cc12. The Morgan fingerprint density at radius 3 is 2.81 bits per heavy atom. The van der Waals surface area contributed by atoms with Gasteiger partial charge in [0.25, 0.3) is 0 Å². The Balaban J connectivity index is 2.01. The molecular weight excluding hydrogens is 262 g/mol. The Morgan fingerprint density at radius 1 is 1.24 bits per heavy atom. The van der Waals surface area contributed by atoms with Crippen LogP contribution in [-0.4, -0.2) is 38.3 Å². The molecule has 0 spiro atoms. The lowest BCUT2D eigenvalue weighted by Gasteiger charge is -2.20. The quantitative estimate of drug-likeness (QED) is 0.856. The standard InChI is InChI=1S/C17H23N3O/c1-13-5-6-14-15(11-13)16(18-7-10-21-2)12-19-17(14)20-8-3-4-9-20/h5-6,11-12,18H,3-4,7-10H2,1-2H3. The number of pyridine rings is 1. The van der Waals surface area contributed by atoms with Gasteiger partial charge in [0.2, 0.25) is 0 Å². The van der Waals surface area contributed by atoms with Crippen LogP contribution in [0.25, 0.3) is 10.8 Å². The van der Waals surface area contributed by atoms with Gasteiger partial charge in [-0.1, -0.05) is 17.7 Å². The van der Waals surface area contributed by atoms with E-state index in [2.05, 4.69) is 35.3 Å². The van der Waals surface area contributed by atoms with Crippen molar-refractivity contribution in [1.82, 2.24) is 4.98 Å². The van der Waals surface area contributed by atoms with E-state index in [4.69, 9.17) is 9.72 Å². The molecule has 0 radical (unpaired) electrons. The Kier molecular flexibility index (Phi) is 4.25. The lowest BCUT2D eigenvalue weighted by Crippen LogP contribution is -2.19. The number of benzene rings is 1. The van der Waals surface area contributed by atoms with Crippen LogP contribution in [0.2, 0.25) is 0 Å². The molecule has 21 heavy (non-hydrogen) atoms. The number of anilines is 2.